The van der Waals surface area contributed by atoms with Crippen LogP contribution in [0.15, 0.2) is 54.7 Å². The fourth-order valence-electron chi connectivity index (χ4n) is 5.72. The number of hydrogen-bond donors (Lipinski definition) is 0. The maximum absolute atomic E-state index is 6.53. The largest absolute Gasteiger partial charge is 1.00 e. The number of hydrogen-bond acceptors (Lipinski definition) is 4. The Morgan fingerprint density at radius 3 is 2.10 bits per heavy atom. The molecule has 1 aromatic heterocycles. The van der Waals surface area contributed by atoms with Gasteiger partial charge in [0, 0.05) is 17.4 Å². The zero-order valence-corrected chi connectivity index (χ0v) is 26.2. The molecule has 1 aliphatic rings. The molecule has 0 atom stereocenters. The van der Waals surface area contributed by atoms with Crippen molar-refractivity contribution in [2.75, 3.05) is 20.3 Å². The summed E-state index contributed by atoms with van der Waals surface area (Å²) in [5.41, 5.74) is 7.63. The Balaban J connectivity index is 0.00000387. The van der Waals surface area contributed by atoms with Gasteiger partial charge in [-0.15, -0.1) is 0 Å². The van der Waals surface area contributed by atoms with Crippen molar-refractivity contribution in [3.05, 3.63) is 77.0 Å². The zero-order chi connectivity index (χ0) is 28.4. The van der Waals surface area contributed by atoms with Crippen molar-refractivity contribution in [1.29, 1.82) is 0 Å². The molecular weight excluding hydrogens is 534 g/mol. The molecule has 0 amide bonds. The van der Waals surface area contributed by atoms with Gasteiger partial charge >= 0.3 is 0 Å². The lowest BCUT2D eigenvalue weighted by atomic mass is 9.87. The van der Waals surface area contributed by atoms with Gasteiger partial charge in [-0.25, -0.2) is 0 Å². The third-order valence-corrected chi connectivity index (χ3v) is 7.77. The molecule has 5 nitrogen and oxygen atoms in total. The van der Waals surface area contributed by atoms with Crippen molar-refractivity contribution in [3.8, 4) is 34.3 Å². The Morgan fingerprint density at radius 1 is 0.805 bits per heavy atom. The summed E-state index contributed by atoms with van der Waals surface area (Å²) in [6.45, 7) is 15.5. The first-order valence-corrected chi connectivity index (χ1v) is 14.5. The maximum Gasteiger partial charge on any atom is 0.216 e. The van der Waals surface area contributed by atoms with E-state index in [1.54, 1.807) is 7.11 Å². The number of nitrogens with zero attached hydrogens (tertiary/aromatic N) is 1. The third kappa shape index (κ3) is 5.97. The number of methoxy groups -OCH3 is 1. The molecule has 41 heavy (non-hydrogen) atoms. The van der Waals surface area contributed by atoms with E-state index in [2.05, 4.69) is 80.9 Å². The second kappa shape index (κ2) is 12.6. The van der Waals surface area contributed by atoms with Crippen LogP contribution in [0, 0.1) is 0 Å². The van der Waals surface area contributed by atoms with E-state index in [4.69, 9.17) is 18.9 Å². The van der Waals surface area contributed by atoms with Gasteiger partial charge in [-0.2, -0.15) is 4.57 Å². The van der Waals surface area contributed by atoms with E-state index in [0.717, 1.165) is 53.3 Å². The molecule has 0 fully saturated rings. The standard InChI is InChI=1S/C35H42NO4.ClH/c1-8-26-27-15-16-30(37-7)34(40-22-23-11-13-25(14-12-23)35(4,5)6)29(27)21-36-18-17-24-19-31(38-9-2)32(39-10-3)20-28(24)33(26)36;/h11-16,19-21H,8-10,17-18,22H2,1-7H3;1H/q+1;/p-1. The number of pyridine rings is 1. The van der Waals surface area contributed by atoms with E-state index in [9.17, 15) is 0 Å². The summed E-state index contributed by atoms with van der Waals surface area (Å²) >= 11 is 0. The number of aryl methyl sites for hydroxylation is 3. The number of aromatic nitrogens is 1. The van der Waals surface area contributed by atoms with Crippen LogP contribution in [0.1, 0.15) is 63.8 Å². The van der Waals surface area contributed by atoms with Gasteiger partial charge < -0.3 is 31.4 Å². The first-order chi connectivity index (χ1) is 19.3. The van der Waals surface area contributed by atoms with Gasteiger partial charge in [0.2, 0.25) is 5.69 Å². The summed E-state index contributed by atoms with van der Waals surface area (Å²) in [4.78, 5) is 0. The molecule has 0 saturated heterocycles. The molecule has 0 radical (unpaired) electrons. The molecule has 0 bridgehead atoms. The first-order valence-electron chi connectivity index (χ1n) is 14.5. The highest BCUT2D eigenvalue weighted by Crippen LogP contribution is 2.43. The minimum absolute atomic E-state index is 0. The molecule has 218 valence electrons. The third-order valence-electron chi connectivity index (χ3n) is 7.77. The van der Waals surface area contributed by atoms with Crippen LogP contribution in [0.2, 0.25) is 0 Å². The molecule has 0 aliphatic carbocycles. The van der Waals surface area contributed by atoms with Gasteiger partial charge in [0.05, 0.1) is 31.3 Å². The molecule has 0 spiro atoms. The summed E-state index contributed by atoms with van der Waals surface area (Å²) in [5, 5.41) is 2.26. The van der Waals surface area contributed by atoms with Crippen molar-refractivity contribution in [2.24, 2.45) is 0 Å². The van der Waals surface area contributed by atoms with Gasteiger partial charge in [-0.1, -0.05) is 52.0 Å². The first kappa shape index (κ1) is 30.5. The Morgan fingerprint density at radius 2 is 1.49 bits per heavy atom. The fourth-order valence-corrected chi connectivity index (χ4v) is 5.72. The van der Waals surface area contributed by atoms with Gasteiger partial charge in [0.1, 0.15) is 6.61 Å². The molecule has 1 aliphatic heterocycles. The zero-order valence-electron chi connectivity index (χ0n) is 25.4. The lowest BCUT2D eigenvalue weighted by Crippen LogP contribution is -3.00. The Bertz CT molecular complexity index is 1520. The molecule has 5 rings (SSSR count). The number of rotatable bonds is 9. The van der Waals surface area contributed by atoms with Crippen molar-refractivity contribution in [2.45, 2.75) is 73.0 Å². The highest BCUT2D eigenvalue weighted by molar-refractivity contribution is 5.95. The van der Waals surface area contributed by atoms with Gasteiger partial charge in [-0.3, -0.25) is 0 Å². The summed E-state index contributed by atoms with van der Waals surface area (Å²) in [5.74, 6) is 3.16. The molecule has 4 aromatic rings. The minimum atomic E-state index is 0. The second-order valence-corrected chi connectivity index (χ2v) is 11.4. The van der Waals surface area contributed by atoms with Crippen LogP contribution in [0.25, 0.3) is 22.0 Å². The molecule has 0 saturated carbocycles. The molecule has 0 N–H and O–H groups in total. The van der Waals surface area contributed by atoms with Crippen LogP contribution in [0.4, 0.5) is 0 Å². The average molecular weight is 576 g/mol. The highest BCUT2D eigenvalue weighted by Gasteiger charge is 2.31. The smallest absolute Gasteiger partial charge is 0.216 e. The Kier molecular flexibility index (Phi) is 9.38. The fraction of sp³-hybridized carbons (Fsp3) is 0.400. The summed E-state index contributed by atoms with van der Waals surface area (Å²) in [6.07, 6.45) is 4.06. The minimum Gasteiger partial charge on any atom is -1.00 e. The molecular formula is C35H42ClNO4. The molecule has 6 heteroatoms. The van der Waals surface area contributed by atoms with E-state index in [-0.39, 0.29) is 17.8 Å². The van der Waals surface area contributed by atoms with Gasteiger partial charge in [0.15, 0.2) is 35.7 Å². The predicted octanol–water partition coefficient (Wildman–Crippen LogP) is 4.60. The van der Waals surface area contributed by atoms with E-state index in [1.807, 2.05) is 19.9 Å². The van der Waals surface area contributed by atoms with Crippen LogP contribution in [0.3, 0.4) is 0 Å². The second-order valence-electron chi connectivity index (χ2n) is 11.4. The molecule has 0 unspecified atom stereocenters. The average Bonchev–Trinajstić information content (AvgIpc) is 2.95. The van der Waals surface area contributed by atoms with Crippen molar-refractivity contribution in [3.63, 3.8) is 0 Å². The van der Waals surface area contributed by atoms with Crippen LogP contribution in [0.5, 0.6) is 23.0 Å². The monoisotopic (exact) mass is 575 g/mol. The van der Waals surface area contributed by atoms with E-state index >= 15 is 0 Å². The lowest BCUT2D eigenvalue weighted by Gasteiger charge is -2.22. The SMILES string of the molecule is CCOc1cc2c(cc1OCC)-c1c(CC)c3ccc(OC)c(OCc4ccc(C(C)(C)C)cc4)c3c[n+]1CC2.[Cl-]. The van der Waals surface area contributed by atoms with Crippen LogP contribution >= 0.6 is 0 Å². The topological polar surface area (TPSA) is 40.8 Å². The normalized spacial score (nSPS) is 12.3. The predicted molar refractivity (Wildman–Crippen MR) is 161 cm³/mol. The van der Waals surface area contributed by atoms with E-state index in [0.29, 0.717) is 19.8 Å². The number of halogens is 1. The van der Waals surface area contributed by atoms with Crippen LogP contribution < -0.4 is 35.9 Å². The van der Waals surface area contributed by atoms with E-state index in [1.165, 1.54) is 33.3 Å². The number of fused-ring (bicyclic) bond motifs is 4. The summed E-state index contributed by atoms with van der Waals surface area (Å²) < 4.78 is 26.7. The maximum atomic E-state index is 6.53. The Labute approximate surface area is 250 Å². The van der Waals surface area contributed by atoms with Crippen LogP contribution in [-0.2, 0) is 31.4 Å². The van der Waals surface area contributed by atoms with Gasteiger partial charge in [-0.05, 0) is 66.6 Å². The quantitative estimate of drug-likeness (QED) is 0.274. The summed E-state index contributed by atoms with van der Waals surface area (Å²) in [6, 6.07) is 17.3. The molecule has 2 heterocycles. The lowest BCUT2D eigenvalue weighted by molar-refractivity contribution is -0.686. The summed E-state index contributed by atoms with van der Waals surface area (Å²) in [7, 11) is 1.71. The molecule has 3 aromatic carbocycles. The van der Waals surface area contributed by atoms with E-state index < -0.39 is 0 Å². The van der Waals surface area contributed by atoms with Crippen molar-refractivity contribution >= 4 is 10.8 Å². The number of benzene rings is 3. The van der Waals surface area contributed by atoms with Gasteiger partial charge in [0.25, 0.3) is 0 Å². The Hall–Kier alpha value is -3.44. The van der Waals surface area contributed by atoms with Crippen molar-refractivity contribution in [1.82, 2.24) is 0 Å². The van der Waals surface area contributed by atoms with Crippen molar-refractivity contribution < 1.29 is 35.9 Å². The van der Waals surface area contributed by atoms with Crippen LogP contribution in [-0.4, -0.2) is 20.3 Å². The highest BCUT2D eigenvalue weighted by atomic mass is 35.5. The number of ether oxygens (including phenoxy) is 4.